The minimum atomic E-state index is 0.171. The van der Waals surface area contributed by atoms with Gasteiger partial charge in [0, 0.05) is 44.5 Å². The molecule has 1 saturated carbocycles. The molecule has 4 rings (SSSR count). The lowest BCUT2D eigenvalue weighted by Crippen LogP contribution is -2.49. The lowest BCUT2D eigenvalue weighted by atomic mass is 10.0. The van der Waals surface area contributed by atoms with Gasteiger partial charge in [-0.25, -0.2) is 4.98 Å². The van der Waals surface area contributed by atoms with Crippen LogP contribution in [0, 0.1) is 19.8 Å². The SMILES string of the molecule is Cc1ccc([C@@H]2C[C@H]2C(=O)N2CCN(c3cnccn3)CC2)cc1C. The van der Waals surface area contributed by atoms with E-state index in [2.05, 4.69) is 46.9 Å². The number of amides is 1. The van der Waals surface area contributed by atoms with Crippen molar-refractivity contribution in [1.82, 2.24) is 14.9 Å². The number of carbonyl (C=O) groups is 1. The summed E-state index contributed by atoms with van der Waals surface area (Å²) >= 11 is 0. The van der Waals surface area contributed by atoms with E-state index in [0.717, 1.165) is 38.4 Å². The molecular weight excluding hydrogens is 312 g/mol. The number of aromatic nitrogens is 2. The van der Waals surface area contributed by atoms with Crippen LogP contribution in [0.1, 0.15) is 29.0 Å². The highest BCUT2D eigenvalue weighted by atomic mass is 16.2. The molecule has 1 aliphatic heterocycles. The molecule has 1 saturated heterocycles. The minimum Gasteiger partial charge on any atom is -0.352 e. The first-order valence-corrected chi connectivity index (χ1v) is 9.00. The molecule has 5 nitrogen and oxygen atoms in total. The quantitative estimate of drug-likeness (QED) is 0.864. The van der Waals surface area contributed by atoms with Crippen LogP contribution in [0.15, 0.2) is 36.8 Å². The molecule has 1 aromatic heterocycles. The molecular formula is C20H24N4O. The zero-order valence-electron chi connectivity index (χ0n) is 14.9. The monoisotopic (exact) mass is 336 g/mol. The van der Waals surface area contributed by atoms with Gasteiger partial charge in [0.15, 0.2) is 0 Å². The number of piperazine rings is 1. The molecule has 0 radical (unpaired) electrons. The molecule has 1 aliphatic carbocycles. The zero-order chi connectivity index (χ0) is 17.4. The molecule has 2 heterocycles. The summed E-state index contributed by atoms with van der Waals surface area (Å²) in [4.78, 5) is 25.5. The molecule has 1 aromatic carbocycles. The van der Waals surface area contributed by atoms with Crippen molar-refractivity contribution < 1.29 is 4.79 Å². The molecule has 25 heavy (non-hydrogen) atoms. The van der Waals surface area contributed by atoms with Gasteiger partial charge in [0.05, 0.1) is 6.20 Å². The Labute approximate surface area is 148 Å². The Morgan fingerprint density at radius 2 is 1.88 bits per heavy atom. The van der Waals surface area contributed by atoms with E-state index in [1.165, 1.54) is 16.7 Å². The first-order valence-electron chi connectivity index (χ1n) is 9.00. The molecule has 2 aromatic rings. The molecule has 130 valence electrons. The summed E-state index contributed by atoms with van der Waals surface area (Å²) in [5.74, 6) is 1.80. The molecule has 0 spiro atoms. The number of anilines is 1. The van der Waals surface area contributed by atoms with E-state index in [1.54, 1.807) is 18.6 Å². The van der Waals surface area contributed by atoms with Gasteiger partial charge in [-0.2, -0.15) is 0 Å². The summed E-state index contributed by atoms with van der Waals surface area (Å²) in [5.41, 5.74) is 3.94. The van der Waals surface area contributed by atoms with Crippen molar-refractivity contribution in [3.05, 3.63) is 53.5 Å². The van der Waals surface area contributed by atoms with Gasteiger partial charge < -0.3 is 9.80 Å². The van der Waals surface area contributed by atoms with Gasteiger partial charge in [-0.1, -0.05) is 18.2 Å². The normalized spacial score (nSPS) is 22.8. The minimum absolute atomic E-state index is 0.171. The Hall–Kier alpha value is -2.43. The summed E-state index contributed by atoms with van der Waals surface area (Å²) in [6.07, 6.45) is 6.17. The predicted octanol–water partition coefficient (Wildman–Crippen LogP) is 2.55. The first kappa shape index (κ1) is 16.1. The van der Waals surface area contributed by atoms with E-state index in [4.69, 9.17) is 0 Å². The van der Waals surface area contributed by atoms with Crippen LogP contribution in [0.5, 0.6) is 0 Å². The maximum Gasteiger partial charge on any atom is 0.226 e. The largest absolute Gasteiger partial charge is 0.352 e. The van der Waals surface area contributed by atoms with E-state index in [1.807, 2.05) is 4.90 Å². The number of rotatable bonds is 3. The second-order valence-corrected chi connectivity index (χ2v) is 7.17. The number of carbonyl (C=O) groups excluding carboxylic acids is 1. The van der Waals surface area contributed by atoms with Crippen LogP contribution in [0.2, 0.25) is 0 Å². The van der Waals surface area contributed by atoms with Crippen molar-refractivity contribution in [2.45, 2.75) is 26.2 Å². The third-order valence-electron chi connectivity index (χ3n) is 5.53. The summed E-state index contributed by atoms with van der Waals surface area (Å²) in [6, 6.07) is 6.61. The molecule has 5 heteroatoms. The highest BCUT2D eigenvalue weighted by Gasteiger charge is 2.46. The van der Waals surface area contributed by atoms with Crippen molar-refractivity contribution in [2.75, 3.05) is 31.1 Å². The van der Waals surface area contributed by atoms with Crippen LogP contribution in [0.4, 0.5) is 5.82 Å². The van der Waals surface area contributed by atoms with Gasteiger partial charge in [-0.15, -0.1) is 0 Å². The molecule has 2 atom stereocenters. The summed E-state index contributed by atoms with van der Waals surface area (Å²) in [6.45, 7) is 7.46. The summed E-state index contributed by atoms with van der Waals surface area (Å²) in [5, 5.41) is 0. The first-order chi connectivity index (χ1) is 12.1. The molecule has 1 amide bonds. The van der Waals surface area contributed by atoms with Gasteiger partial charge in [0.1, 0.15) is 5.82 Å². The Morgan fingerprint density at radius 1 is 1.08 bits per heavy atom. The van der Waals surface area contributed by atoms with Gasteiger partial charge in [-0.05, 0) is 42.9 Å². The maximum absolute atomic E-state index is 12.8. The molecule has 0 bridgehead atoms. The van der Waals surface area contributed by atoms with Crippen LogP contribution >= 0.6 is 0 Å². The van der Waals surface area contributed by atoms with Gasteiger partial charge in [0.2, 0.25) is 5.91 Å². The number of hydrogen-bond acceptors (Lipinski definition) is 4. The van der Waals surface area contributed by atoms with E-state index >= 15 is 0 Å². The van der Waals surface area contributed by atoms with Gasteiger partial charge >= 0.3 is 0 Å². The fourth-order valence-electron chi connectivity index (χ4n) is 3.68. The molecule has 0 unspecified atom stereocenters. The number of benzene rings is 1. The van der Waals surface area contributed by atoms with E-state index < -0.39 is 0 Å². The molecule has 2 fully saturated rings. The summed E-state index contributed by atoms with van der Waals surface area (Å²) in [7, 11) is 0. The predicted molar refractivity (Wildman–Crippen MR) is 97.6 cm³/mol. The topological polar surface area (TPSA) is 49.3 Å². The van der Waals surface area contributed by atoms with E-state index in [9.17, 15) is 4.79 Å². The van der Waals surface area contributed by atoms with Crippen molar-refractivity contribution in [3.63, 3.8) is 0 Å². The Kier molecular flexibility index (Phi) is 4.15. The lowest BCUT2D eigenvalue weighted by molar-refractivity contribution is -0.133. The van der Waals surface area contributed by atoms with Gasteiger partial charge in [0.25, 0.3) is 0 Å². The van der Waals surface area contributed by atoms with Crippen molar-refractivity contribution in [1.29, 1.82) is 0 Å². The molecule has 0 N–H and O–H groups in total. The standard InChI is InChI=1S/C20H24N4O/c1-14-3-4-16(11-15(14)2)17-12-18(17)20(25)24-9-7-23(8-10-24)19-13-21-5-6-22-19/h3-6,11,13,17-18H,7-10,12H2,1-2H3/t17-,18+/m0/s1. The maximum atomic E-state index is 12.8. The van der Waals surface area contributed by atoms with Crippen LogP contribution in [-0.2, 0) is 4.79 Å². The zero-order valence-corrected chi connectivity index (χ0v) is 14.9. The second-order valence-electron chi connectivity index (χ2n) is 7.17. The number of nitrogens with zero attached hydrogens (tertiary/aromatic N) is 4. The highest BCUT2D eigenvalue weighted by Crippen LogP contribution is 2.48. The third-order valence-corrected chi connectivity index (χ3v) is 5.53. The van der Waals surface area contributed by atoms with E-state index in [0.29, 0.717) is 11.8 Å². The van der Waals surface area contributed by atoms with Crippen LogP contribution in [0.25, 0.3) is 0 Å². The number of aryl methyl sites for hydroxylation is 2. The van der Waals surface area contributed by atoms with Crippen LogP contribution in [0.3, 0.4) is 0 Å². The Morgan fingerprint density at radius 3 is 2.56 bits per heavy atom. The lowest BCUT2D eigenvalue weighted by Gasteiger charge is -2.35. The Bertz CT molecular complexity index is 769. The third kappa shape index (κ3) is 3.23. The summed E-state index contributed by atoms with van der Waals surface area (Å²) < 4.78 is 0. The van der Waals surface area contributed by atoms with Crippen molar-refractivity contribution in [3.8, 4) is 0 Å². The van der Waals surface area contributed by atoms with Crippen LogP contribution in [-0.4, -0.2) is 47.0 Å². The van der Waals surface area contributed by atoms with Crippen molar-refractivity contribution in [2.24, 2.45) is 5.92 Å². The Balaban J connectivity index is 1.35. The van der Waals surface area contributed by atoms with Crippen LogP contribution < -0.4 is 4.90 Å². The fourth-order valence-corrected chi connectivity index (χ4v) is 3.68. The fraction of sp³-hybridized carbons (Fsp3) is 0.450. The van der Waals surface area contributed by atoms with Crippen molar-refractivity contribution >= 4 is 11.7 Å². The van der Waals surface area contributed by atoms with Gasteiger partial charge in [-0.3, -0.25) is 9.78 Å². The average Bonchev–Trinajstić information content (AvgIpc) is 3.45. The number of hydrogen-bond donors (Lipinski definition) is 0. The highest BCUT2D eigenvalue weighted by molar-refractivity contribution is 5.83. The smallest absolute Gasteiger partial charge is 0.226 e. The second kappa shape index (κ2) is 6.47. The average molecular weight is 336 g/mol. The molecule has 2 aliphatic rings. The van der Waals surface area contributed by atoms with E-state index in [-0.39, 0.29) is 5.92 Å².